The first kappa shape index (κ1) is 15.9. The average Bonchev–Trinajstić information content (AvgIpc) is 2.34. The van der Waals surface area contributed by atoms with Gasteiger partial charge in [0.1, 0.15) is 5.69 Å². The maximum Gasteiger partial charge on any atom is 0.292 e. The summed E-state index contributed by atoms with van der Waals surface area (Å²) < 4.78 is 0. The van der Waals surface area contributed by atoms with Crippen molar-refractivity contribution in [2.45, 2.75) is 26.4 Å². The van der Waals surface area contributed by atoms with Crippen LogP contribution in [0.5, 0.6) is 0 Å². The Labute approximate surface area is 117 Å². The summed E-state index contributed by atoms with van der Waals surface area (Å²) in [7, 11) is 0. The van der Waals surface area contributed by atoms with E-state index in [9.17, 15) is 20.0 Å². The van der Waals surface area contributed by atoms with E-state index in [2.05, 4.69) is 0 Å². The molecular weight excluding hydrogens is 262 g/mol. The second-order valence-corrected chi connectivity index (χ2v) is 5.16. The number of benzene rings is 1. The van der Waals surface area contributed by atoms with Crippen LogP contribution in [0.4, 0.5) is 11.4 Å². The molecule has 1 aromatic carbocycles. The van der Waals surface area contributed by atoms with Gasteiger partial charge in [0.15, 0.2) is 0 Å². The summed E-state index contributed by atoms with van der Waals surface area (Å²) in [5.74, 6) is -0.377. The lowest BCUT2D eigenvalue weighted by molar-refractivity contribution is -0.383. The van der Waals surface area contributed by atoms with Crippen LogP contribution < -0.4 is 5.73 Å². The standard InChI is InChI=1S/C13H19N3O4/c1-4-15(8-13(2,3)18)12(17)9-5-6-10(14)11(7-9)16(19)20/h5-7,18H,4,8,14H2,1-3H3. The van der Waals surface area contributed by atoms with Crippen molar-refractivity contribution >= 4 is 17.3 Å². The zero-order valence-electron chi connectivity index (χ0n) is 11.8. The molecule has 0 fully saturated rings. The molecule has 3 N–H and O–H groups in total. The molecule has 1 amide bonds. The van der Waals surface area contributed by atoms with E-state index in [0.717, 1.165) is 6.07 Å². The summed E-state index contributed by atoms with van der Waals surface area (Å²) in [6.45, 7) is 5.49. The van der Waals surface area contributed by atoms with Crippen LogP contribution in [-0.2, 0) is 0 Å². The van der Waals surface area contributed by atoms with Crippen molar-refractivity contribution in [3.05, 3.63) is 33.9 Å². The third-order valence-electron chi connectivity index (χ3n) is 2.72. The van der Waals surface area contributed by atoms with Crippen LogP contribution in [0.2, 0.25) is 0 Å². The number of rotatable bonds is 5. The van der Waals surface area contributed by atoms with E-state index in [1.54, 1.807) is 20.8 Å². The van der Waals surface area contributed by atoms with E-state index in [1.165, 1.54) is 17.0 Å². The van der Waals surface area contributed by atoms with E-state index in [1.807, 2.05) is 0 Å². The average molecular weight is 281 g/mol. The second kappa shape index (κ2) is 5.87. The first-order valence-corrected chi connectivity index (χ1v) is 6.21. The molecule has 0 atom stereocenters. The number of nitrogen functional groups attached to an aromatic ring is 1. The molecule has 0 heterocycles. The minimum atomic E-state index is -1.04. The molecular formula is C13H19N3O4. The zero-order valence-corrected chi connectivity index (χ0v) is 11.8. The van der Waals surface area contributed by atoms with Crippen LogP contribution in [0.1, 0.15) is 31.1 Å². The number of carbonyl (C=O) groups is 1. The first-order valence-electron chi connectivity index (χ1n) is 6.21. The van der Waals surface area contributed by atoms with E-state index in [4.69, 9.17) is 5.73 Å². The molecule has 0 aliphatic heterocycles. The normalized spacial score (nSPS) is 11.2. The molecule has 7 nitrogen and oxygen atoms in total. The summed E-state index contributed by atoms with van der Waals surface area (Å²) in [6, 6.07) is 3.94. The van der Waals surface area contributed by atoms with E-state index < -0.39 is 10.5 Å². The lowest BCUT2D eigenvalue weighted by Crippen LogP contribution is -2.42. The Kier molecular flexibility index (Phi) is 4.67. The third-order valence-corrected chi connectivity index (χ3v) is 2.72. The van der Waals surface area contributed by atoms with Crippen LogP contribution in [0.15, 0.2) is 18.2 Å². The molecule has 1 aromatic rings. The molecule has 0 bridgehead atoms. The van der Waals surface area contributed by atoms with Gasteiger partial charge in [-0.1, -0.05) is 0 Å². The molecule has 0 radical (unpaired) electrons. The number of amides is 1. The molecule has 0 saturated carbocycles. The van der Waals surface area contributed by atoms with Crippen molar-refractivity contribution in [3.63, 3.8) is 0 Å². The quantitative estimate of drug-likeness (QED) is 0.481. The number of nitro groups is 1. The predicted octanol–water partition coefficient (Wildman–Crippen LogP) is 1.41. The SMILES string of the molecule is CCN(CC(C)(C)O)C(=O)c1ccc(N)c([N+](=O)[O-])c1. The van der Waals surface area contributed by atoms with Gasteiger partial charge in [0.25, 0.3) is 11.6 Å². The van der Waals surface area contributed by atoms with Crippen LogP contribution in [0.3, 0.4) is 0 Å². The van der Waals surface area contributed by atoms with Gasteiger partial charge in [-0.3, -0.25) is 14.9 Å². The van der Waals surface area contributed by atoms with Gasteiger partial charge in [0, 0.05) is 24.7 Å². The van der Waals surface area contributed by atoms with E-state index in [-0.39, 0.29) is 29.4 Å². The second-order valence-electron chi connectivity index (χ2n) is 5.16. The highest BCUT2D eigenvalue weighted by molar-refractivity contribution is 5.95. The van der Waals surface area contributed by atoms with Crippen molar-refractivity contribution in [1.29, 1.82) is 0 Å². The number of nitrogens with zero attached hydrogens (tertiary/aromatic N) is 2. The van der Waals surface area contributed by atoms with Gasteiger partial charge in [0.05, 0.1) is 10.5 Å². The fourth-order valence-electron chi connectivity index (χ4n) is 1.81. The zero-order chi connectivity index (χ0) is 15.5. The smallest absolute Gasteiger partial charge is 0.292 e. The number of nitrogens with two attached hydrogens (primary N) is 1. The van der Waals surface area contributed by atoms with E-state index >= 15 is 0 Å². The summed E-state index contributed by atoms with van der Waals surface area (Å²) in [6.07, 6.45) is 0. The van der Waals surface area contributed by atoms with Crippen LogP contribution >= 0.6 is 0 Å². The Morgan fingerprint density at radius 2 is 2.10 bits per heavy atom. The van der Waals surface area contributed by atoms with Gasteiger partial charge in [-0.15, -0.1) is 0 Å². The monoisotopic (exact) mass is 281 g/mol. The van der Waals surface area contributed by atoms with Crippen molar-refractivity contribution in [1.82, 2.24) is 4.90 Å². The number of aliphatic hydroxyl groups is 1. The Bertz CT molecular complexity index is 523. The molecule has 20 heavy (non-hydrogen) atoms. The number of nitro benzene ring substituents is 1. The van der Waals surface area contributed by atoms with Gasteiger partial charge >= 0.3 is 0 Å². The Morgan fingerprint density at radius 1 is 1.50 bits per heavy atom. The largest absolute Gasteiger partial charge is 0.393 e. The molecule has 0 aromatic heterocycles. The maximum atomic E-state index is 12.3. The van der Waals surface area contributed by atoms with Crippen LogP contribution in [-0.4, -0.2) is 39.5 Å². The van der Waals surface area contributed by atoms with Gasteiger partial charge in [-0.2, -0.15) is 0 Å². The Morgan fingerprint density at radius 3 is 2.55 bits per heavy atom. The molecule has 0 unspecified atom stereocenters. The molecule has 0 aliphatic rings. The van der Waals surface area contributed by atoms with E-state index in [0.29, 0.717) is 6.54 Å². The first-order chi connectivity index (χ1) is 9.15. The number of carbonyl (C=O) groups excluding carboxylic acids is 1. The minimum Gasteiger partial charge on any atom is -0.393 e. The maximum absolute atomic E-state index is 12.3. The summed E-state index contributed by atoms with van der Waals surface area (Å²) in [5.41, 5.74) is 4.35. The lowest BCUT2D eigenvalue weighted by Gasteiger charge is -2.28. The summed E-state index contributed by atoms with van der Waals surface area (Å²) in [4.78, 5) is 23.9. The predicted molar refractivity (Wildman–Crippen MR) is 75.4 cm³/mol. The van der Waals surface area contributed by atoms with Crippen molar-refractivity contribution in [2.24, 2.45) is 0 Å². The van der Waals surface area contributed by atoms with Crippen molar-refractivity contribution in [2.75, 3.05) is 18.8 Å². The van der Waals surface area contributed by atoms with Gasteiger partial charge in [0.2, 0.25) is 0 Å². The van der Waals surface area contributed by atoms with Crippen molar-refractivity contribution < 1.29 is 14.8 Å². The van der Waals surface area contributed by atoms with Crippen LogP contribution in [0, 0.1) is 10.1 Å². The molecule has 110 valence electrons. The van der Waals surface area contributed by atoms with Crippen molar-refractivity contribution in [3.8, 4) is 0 Å². The molecule has 0 aliphatic carbocycles. The van der Waals surface area contributed by atoms with Gasteiger partial charge in [-0.25, -0.2) is 0 Å². The molecule has 0 spiro atoms. The summed E-state index contributed by atoms with van der Waals surface area (Å²) >= 11 is 0. The number of likely N-dealkylation sites (N-methyl/N-ethyl adjacent to an activating group) is 1. The number of anilines is 1. The highest BCUT2D eigenvalue weighted by atomic mass is 16.6. The highest BCUT2D eigenvalue weighted by Gasteiger charge is 2.24. The van der Waals surface area contributed by atoms with Crippen LogP contribution in [0.25, 0.3) is 0 Å². The highest BCUT2D eigenvalue weighted by Crippen LogP contribution is 2.23. The van der Waals surface area contributed by atoms with Gasteiger partial charge < -0.3 is 15.7 Å². The Hall–Kier alpha value is -2.15. The fourth-order valence-corrected chi connectivity index (χ4v) is 1.81. The number of hydrogen-bond donors (Lipinski definition) is 2. The minimum absolute atomic E-state index is 0.0112. The molecule has 7 heteroatoms. The topological polar surface area (TPSA) is 110 Å². The third kappa shape index (κ3) is 3.92. The number of hydrogen-bond acceptors (Lipinski definition) is 5. The molecule has 1 rings (SSSR count). The summed E-state index contributed by atoms with van der Waals surface area (Å²) in [5, 5.41) is 20.6. The Balaban J connectivity index is 3.07. The van der Waals surface area contributed by atoms with Gasteiger partial charge in [-0.05, 0) is 32.9 Å². The lowest BCUT2D eigenvalue weighted by atomic mass is 10.1. The molecule has 0 saturated heterocycles. The fraction of sp³-hybridized carbons (Fsp3) is 0.462.